The maximum absolute atomic E-state index is 12.7. The first-order valence-corrected chi connectivity index (χ1v) is 5.74. The summed E-state index contributed by atoms with van der Waals surface area (Å²) in [5.74, 6) is -0.190. The van der Waals surface area contributed by atoms with E-state index in [2.05, 4.69) is 18.7 Å². The highest BCUT2D eigenvalue weighted by Gasteiger charge is 2.15. The van der Waals surface area contributed by atoms with Crippen LogP contribution in [0.1, 0.15) is 25.8 Å². The zero-order chi connectivity index (χ0) is 12.1. The Balaban J connectivity index is 2.56. The molecule has 0 saturated heterocycles. The quantitative estimate of drug-likeness (QED) is 0.832. The largest absolute Gasteiger partial charge is 0.326 e. The number of nitrogens with zero attached hydrogens (tertiary/aromatic N) is 1. The van der Waals surface area contributed by atoms with E-state index in [0.29, 0.717) is 6.04 Å². The van der Waals surface area contributed by atoms with Gasteiger partial charge in [-0.15, -0.1) is 0 Å². The minimum absolute atomic E-state index is 0.186. The Morgan fingerprint density at radius 1 is 1.31 bits per heavy atom. The monoisotopic (exact) mass is 224 g/mol. The number of hydrogen-bond donors (Lipinski definition) is 1. The molecule has 2 atom stereocenters. The molecule has 0 radical (unpaired) electrons. The van der Waals surface area contributed by atoms with E-state index in [1.807, 2.05) is 19.2 Å². The van der Waals surface area contributed by atoms with Crippen LogP contribution in [0.2, 0.25) is 0 Å². The van der Waals surface area contributed by atoms with Crippen LogP contribution < -0.4 is 5.73 Å². The van der Waals surface area contributed by atoms with Crippen molar-refractivity contribution < 1.29 is 4.39 Å². The minimum Gasteiger partial charge on any atom is -0.326 e. The summed E-state index contributed by atoms with van der Waals surface area (Å²) in [6, 6.07) is 7.13. The predicted octanol–water partition coefficient (Wildman–Crippen LogP) is 2.38. The highest BCUT2D eigenvalue weighted by molar-refractivity contribution is 5.15. The molecule has 16 heavy (non-hydrogen) atoms. The minimum atomic E-state index is -0.190. The van der Waals surface area contributed by atoms with Gasteiger partial charge in [-0.25, -0.2) is 4.39 Å². The van der Waals surface area contributed by atoms with E-state index in [1.54, 1.807) is 0 Å². The van der Waals surface area contributed by atoms with Gasteiger partial charge in [0.25, 0.3) is 0 Å². The summed E-state index contributed by atoms with van der Waals surface area (Å²) in [5, 5.41) is 0. The van der Waals surface area contributed by atoms with Crippen molar-refractivity contribution in [3.8, 4) is 0 Å². The first kappa shape index (κ1) is 13.1. The van der Waals surface area contributed by atoms with Gasteiger partial charge in [0.1, 0.15) is 5.82 Å². The molecule has 2 unspecified atom stereocenters. The second-order valence-corrected chi connectivity index (χ2v) is 4.35. The molecule has 1 aromatic carbocycles. The number of rotatable bonds is 5. The maximum Gasteiger partial charge on any atom is 0.123 e. The van der Waals surface area contributed by atoms with Gasteiger partial charge in [-0.3, -0.25) is 4.90 Å². The summed E-state index contributed by atoms with van der Waals surface area (Å²) in [5.41, 5.74) is 7.10. The lowest BCUT2D eigenvalue weighted by atomic mass is 10.1. The predicted molar refractivity (Wildman–Crippen MR) is 65.6 cm³/mol. The Bertz CT molecular complexity index is 310. The van der Waals surface area contributed by atoms with Crippen molar-refractivity contribution in [2.45, 2.75) is 38.9 Å². The first-order valence-electron chi connectivity index (χ1n) is 5.74. The van der Waals surface area contributed by atoms with Gasteiger partial charge in [0, 0.05) is 18.6 Å². The van der Waals surface area contributed by atoms with Gasteiger partial charge >= 0.3 is 0 Å². The van der Waals surface area contributed by atoms with Crippen molar-refractivity contribution in [3.05, 3.63) is 35.6 Å². The van der Waals surface area contributed by atoms with E-state index in [4.69, 9.17) is 5.73 Å². The van der Waals surface area contributed by atoms with E-state index >= 15 is 0 Å². The molecule has 0 spiro atoms. The molecular weight excluding hydrogens is 203 g/mol. The Kier molecular flexibility index (Phi) is 4.90. The third-order valence-corrected chi connectivity index (χ3v) is 3.13. The molecule has 0 saturated carbocycles. The van der Waals surface area contributed by atoms with E-state index in [-0.39, 0.29) is 11.9 Å². The summed E-state index contributed by atoms with van der Waals surface area (Å²) in [6.45, 7) is 5.01. The zero-order valence-corrected chi connectivity index (χ0v) is 10.3. The fourth-order valence-corrected chi connectivity index (χ4v) is 1.69. The van der Waals surface area contributed by atoms with Crippen LogP contribution in [0.5, 0.6) is 0 Å². The van der Waals surface area contributed by atoms with Gasteiger partial charge in [0.15, 0.2) is 0 Å². The summed E-state index contributed by atoms with van der Waals surface area (Å²) in [6.07, 6.45) is 0.967. The van der Waals surface area contributed by atoms with Crippen LogP contribution in [0.25, 0.3) is 0 Å². The SMILES string of the molecule is CCC(N)C(C)N(C)Cc1ccc(F)cc1. The van der Waals surface area contributed by atoms with Crippen LogP contribution in [0.4, 0.5) is 4.39 Å². The summed E-state index contributed by atoms with van der Waals surface area (Å²) < 4.78 is 12.7. The average molecular weight is 224 g/mol. The zero-order valence-electron chi connectivity index (χ0n) is 10.3. The summed E-state index contributed by atoms with van der Waals surface area (Å²) >= 11 is 0. The van der Waals surface area contributed by atoms with Crippen molar-refractivity contribution in [2.75, 3.05) is 7.05 Å². The Morgan fingerprint density at radius 3 is 2.38 bits per heavy atom. The molecule has 90 valence electrons. The van der Waals surface area contributed by atoms with E-state index < -0.39 is 0 Å². The van der Waals surface area contributed by atoms with Crippen LogP contribution in [0.3, 0.4) is 0 Å². The van der Waals surface area contributed by atoms with Gasteiger partial charge in [0.05, 0.1) is 0 Å². The van der Waals surface area contributed by atoms with Crippen LogP contribution >= 0.6 is 0 Å². The third-order valence-electron chi connectivity index (χ3n) is 3.13. The molecule has 2 N–H and O–H groups in total. The van der Waals surface area contributed by atoms with Crippen LogP contribution in [-0.2, 0) is 6.54 Å². The molecule has 1 aromatic rings. The second kappa shape index (κ2) is 5.97. The lowest BCUT2D eigenvalue weighted by Gasteiger charge is -2.29. The van der Waals surface area contributed by atoms with Crippen LogP contribution in [0.15, 0.2) is 24.3 Å². The van der Waals surface area contributed by atoms with Crippen LogP contribution in [0, 0.1) is 5.82 Å². The molecule has 0 aliphatic rings. The molecule has 0 aromatic heterocycles. The fraction of sp³-hybridized carbons (Fsp3) is 0.538. The van der Waals surface area contributed by atoms with Crippen LogP contribution in [-0.4, -0.2) is 24.0 Å². The molecule has 0 heterocycles. The molecule has 0 aliphatic carbocycles. The fourth-order valence-electron chi connectivity index (χ4n) is 1.69. The maximum atomic E-state index is 12.7. The highest BCUT2D eigenvalue weighted by atomic mass is 19.1. The van der Waals surface area contributed by atoms with Gasteiger partial charge in [-0.05, 0) is 38.1 Å². The Morgan fingerprint density at radius 2 is 1.88 bits per heavy atom. The highest BCUT2D eigenvalue weighted by Crippen LogP contribution is 2.10. The Labute approximate surface area is 97.3 Å². The molecular formula is C13H21FN2. The van der Waals surface area contributed by atoms with E-state index in [0.717, 1.165) is 18.5 Å². The van der Waals surface area contributed by atoms with Crippen molar-refractivity contribution >= 4 is 0 Å². The van der Waals surface area contributed by atoms with Gasteiger partial charge in [0.2, 0.25) is 0 Å². The molecule has 0 aliphatic heterocycles. The number of likely N-dealkylation sites (N-methyl/N-ethyl adjacent to an activating group) is 1. The lowest BCUT2D eigenvalue weighted by molar-refractivity contribution is 0.215. The van der Waals surface area contributed by atoms with E-state index in [1.165, 1.54) is 12.1 Å². The molecule has 2 nitrogen and oxygen atoms in total. The standard InChI is InChI=1S/C13H21FN2/c1-4-13(15)10(2)16(3)9-11-5-7-12(14)8-6-11/h5-8,10,13H,4,9,15H2,1-3H3. The smallest absolute Gasteiger partial charge is 0.123 e. The lowest BCUT2D eigenvalue weighted by Crippen LogP contribution is -2.43. The second-order valence-electron chi connectivity index (χ2n) is 4.35. The third kappa shape index (κ3) is 3.58. The number of hydrogen-bond acceptors (Lipinski definition) is 2. The number of benzene rings is 1. The number of halogens is 1. The molecule has 3 heteroatoms. The number of nitrogens with two attached hydrogens (primary N) is 1. The van der Waals surface area contributed by atoms with Gasteiger partial charge in [-0.1, -0.05) is 19.1 Å². The Hall–Kier alpha value is -0.930. The topological polar surface area (TPSA) is 29.3 Å². The normalized spacial score (nSPS) is 15.1. The van der Waals surface area contributed by atoms with Crippen molar-refractivity contribution in [1.82, 2.24) is 4.90 Å². The molecule has 0 fully saturated rings. The molecule has 1 rings (SSSR count). The van der Waals surface area contributed by atoms with E-state index in [9.17, 15) is 4.39 Å². The summed E-state index contributed by atoms with van der Waals surface area (Å²) in [7, 11) is 2.05. The van der Waals surface area contributed by atoms with Crippen molar-refractivity contribution in [1.29, 1.82) is 0 Å². The molecule has 0 amide bonds. The average Bonchev–Trinajstić information content (AvgIpc) is 2.30. The van der Waals surface area contributed by atoms with Crippen molar-refractivity contribution in [3.63, 3.8) is 0 Å². The van der Waals surface area contributed by atoms with Gasteiger partial charge in [-0.2, -0.15) is 0 Å². The first-order chi connectivity index (χ1) is 7.54. The van der Waals surface area contributed by atoms with Crippen molar-refractivity contribution in [2.24, 2.45) is 5.73 Å². The molecule has 0 bridgehead atoms. The summed E-state index contributed by atoms with van der Waals surface area (Å²) in [4.78, 5) is 2.20. The van der Waals surface area contributed by atoms with Gasteiger partial charge < -0.3 is 5.73 Å².